The monoisotopic (exact) mass is 308 g/mol. The third kappa shape index (κ3) is 6.35. The van der Waals surface area contributed by atoms with E-state index in [0.29, 0.717) is 13.2 Å². The zero-order valence-electron chi connectivity index (χ0n) is 14.0. The molecule has 2 amide bonds. The number of nitrogens with one attached hydrogen (secondary N) is 2. The number of aryl methyl sites for hydroxylation is 1. The fraction of sp³-hybridized carbons (Fsp3) is 0.588. The molecule has 1 aromatic carbocycles. The average Bonchev–Trinajstić information content (AvgIpc) is 2.47. The molecule has 0 unspecified atom stereocenters. The first kappa shape index (κ1) is 18.3. The average molecular weight is 308 g/mol. The van der Waals surface area contributed by atoms with Crippen LogP contribution < -0.4 is 15.4 Å². The lowest BCUT2D eigenvalue weighted by Crippen LogP contribution is -2.30. The maximum absolute atomic E-state index is 11.9. The molecule has 0 spiro atoms. The molecule has 1 rings (SSSR count). The number of urea groups is 1. The lowest BCUT2D eigenvalue weighted by atomic mass is 9.89. The van der Waals surface area contributed by atoms with Crippen LogP contribution in [-0.2, 0) is 0 Å². The zero-order chi connectivity index (χ0) is 16.6. The van der Waals surface area contributed by atoms with Crippen LogP contribution in [0.5, 0.6) is 5.75 Å². The molecule has 0 atom stereocenters. The predicted molar refractivity (Wildman–Crippen MR) is 89.5 cm³/mol. The van der Waals surface area contributed by atoms with Crippen molar-refractivity contribution in [3.05, 3.63) is 23.8 Å². The Morgan fingerprint density at radius 3 is 2.68 bits per heavy atom. The van der Waals surface area contributed by atoms with Gasteiger partial charge in [-0.1, -0.05) is 13.8 Å². The van der Waals surface area contributed by atoms with E-state index in [1.54, 1.807) is 0 Å². The molecule has 0 aliphatic heterocycles. The highest BCUT2D eigenvalue weighted by Gasteiger charge is 2.15. The Kier molecular flexibility index (Phi) is 7.18. The summed E-state index contributed by atoms with van der Waals surface area (Å²) in [5, 5.41) is 14.8. The Morgan fingerprint density at radius 1 is 1.36 bits per heavy atom. The molecule has 0 bridgehead atoms. The largest absolute Gasteiger partial charge is 0.494 e. The number of benzene rings is 1. The highest BCUT2D eigenvalue weighted by atomic mass is 16.5. The van der Waals surface area contributed by atoms with Crippen molar-refractivity contribution in [3.63, 3.8) is 0 Å². The number of carbonyl (C=O) groups excluding carboxylic acids is 1. The van der Waals surface area contributed by atoms with Gasteiger partial charge < -0.3 is 20.5 Å². The zero-order valence-corrected chi connectivity index (χ0v) is 14.0. The summed E-state index contributed by atoms with van der Waals surface area (Å²) in [7, 11) is 0. The molecule has 5 nitrogen and oxygen atoms in total. The molecule has 22 heavy (non-hydrogen) atoms. The van der Waals surface area contributed by atoms with E-state index >= 15 is 0 Å². The van der Waals surface area contributed by atoms with E-state index in [2.05, 4.69) is 10.6 Å². The molecule has 0 heterocycles. The summed E-state index contributed by atoms with van der Waals surface area (Å²) < 4.78 is 5.42. The predicted octanol–water partition coefficient (Wildman–Crippen LogP) is 3.31. The fourth-order valence-electron chi connectivity index (χ4n) is 2.05. The van der Waals surface area contributed by atoms with Gasteiger partial charge in [-0.2, -0.15) is 0 Å². The lowest BCUT2D eigenvalue weighted by molar-refractivity contribution is 0.148. The van der Waals surface area contributed by atoms with Crippen LogP contribution in [0.25, 0.3) is 0 Å². The molecule has 0 aliphatic rings. The maximum atomic E-state index is 11.9. The van der Waals surface area contributed by atoms with Gasteiger partial charge in [0.1, 0.15) is 5.75 Å². The van der Waals surface area contributed by atoms with Crippen LogP contribution in [0.1, 0.15) is 39.2 Å². The van der Waals surface area contributed by atoms with E-state index in [-0.39, 0.29) is 18.1 Å². The van der Waals surface area contributed by atoms with Gasteiger partial charge in [0, 0.05) is 18.8 Å². The van der Waals surface area contributed by atoms with E-state index in [9.17, 15) is 9.90 Å². The quantitative estimate of drug-likeness (QED) is 0.645. The van der Waals surface area contributed by atoms with Crippen LogP contribution in [0.4, 0.5) is 10.5 Å². The number of aliphatic hydroxyl groups is 1. The molecule has 124 valence electrons. The van der Waals surface area contributed by atoms with E-state index in [0.717, 1.165) is 29.8 Å². The number of anilines is 1. The van der Waals surface area contributed by atoms with Gasteiger partial charge in [-0.25, -0.2) is 4.79 Å². The summed E-state index contributed by atoms with van der Waals surface area (Å²) >= 11 is 0. The smallest absolute Gasteiger partial charge is 0.319 e. The minimum Gasteiger partial charge on any atom is -0.494 e. The fourth-order valence-corrected chi connectivity index (χ4v) is 2.05. The topological polar surface area (TPSA) is 70.6 Å². The second-order valence-corrected chi connectivity index (χ2v) is 6.22. The Hall–Kier alpha value is -1.75. The van der Waals surface area contributed by atoms with Crippen molar-refractivity contribution in [2.75, 3.05) is 25.1 Å². The van der Waals surface area contributed by atoms with Gasteiger partial charge in [-0.15, -0.1) is 0 Å². The molecular formula is C17H28N2O3. The standard InChI is InChI=1S/C17H28N2O3/c1-5-22-14-7-8-15(13(2)11-14)19-16(21)18-10-6-9-17(3,4)12-20/h7-8,11,20H,5-6,9-10,12H2,1-4H3,(H2,18,19,21). The van der Waals surface area contributed by atoms with Crippen molar-refractivity contribution in [1.29, 1.82) is 0 Å². The summed E-state index contributed by atoms with van der Waals surface area (Å²) in [6, 6.07) is 5.38. The van der Waals surface area contributed by atoms with Crippen molar-refractivity contribution in [2.45, 2.75) is 40.5 Å². The molecule has 1 aromatic rings. The highest BCUT2D eigenvalue weighted by Crippen LogP contribution is 2.22. The minimum atomic E-state index is -0.214. The third-order valence-corrected chi connectivity index (χ3v) is 3.50. The van der Waals surface area contributed by atoms with E-state index < -0.39 is 0 Å². The van der Waals surface area contributed by atoms with Crippen LogP contribution in [0.15, 0.2) is 18.2 Å². The molecule has 5 heteroatoms. The maximum Gasteiger partial charge on any atom is 0.319 e. The minimum absolute atomic E-state index is 0.0934. The second-order valence-electron chi connectivity index (χ2n) is 6.22. The molecule has 0 aliphatic carbocycles. The number of ether oxygens (including phenoxy) is 1. The van der Waals surface area contributed by atoms with Crippen LogP contribution in [0, 0.1) is 12.3 Å². The first-order chi connectivity index (χ1) is 10.4. The van der Waals surface area contributed by atoms with Gasteiger partial charge in [-0.3, -0.25) is 0 Å². The van der Waals surface area contributed by atoms with Crippen LogP contribution >= 0.6 is 0 Å². The summed E-state index contributed by atoms with van der Waals surface area (Å²) in [4.78, 5) is 11.9. The lowest BCUT2D eigenvalue weighted by Gasteiger charge is -2.21. The second kappa shape index (κ2) is 8.63. The van der Waals surface area contributed by atoms with Gasteiger partial charge >= 0.3 is 6.03 Å². The summed E-state index contributed by atoms with van der Waals surface area (Å²) in [6.07, 6.45) is 1.70. The van der Waals surface area contributed by atoms with E-state index in [1.807, 2.05) is 45.9 Å². The number of aliphatic hydroxyl groups excluding tert-OH is 1. The summed E-state index contributed by atoms with van der Waals surface area (Å²) in [5.74, 6) is 0.803. The van der Waals surface area contributed by atoms with Crippen molar-refractivity contribution in [1.82, 2.24) is 5.32 Å². The molecule has 0 fully saturated rings. The Bertz CT molecular complexity index is 487. The van der Waals surface area contributed by atoms with Gasteiger partial charge in [0.25, 0.3) is 0 Å². The molecular weight excluding hydrogens is 280 g/mol. The SMILES string of the molecule is CCOc1ccc(NC(=O)NCCCC(C)(C)CO)c(C)c1. The molecule has 0 saturated heterocycles. The third-order valence-electron chi connectivity index (χ3n) is 3.50. The molecule has 0 aromatic heterocycles. The summed E-state index contributed by atoms with van der Waals surface area (Å²) in [5.41, 5.74) is 1.64. The van der Waals surface area contributed by atoms with Gasteiger partial charge in [0.05, 0.1) is 6.61 Å². The normalized spacial score (nSPS) is 11.1. The van der Waals surface area contributed by atoms with Crippen molar-refractivity contribution in [3.8, 4) is 5.75 Å². The number of carbonyl (C=O) groups is 1. The van der Waals surface area contributed by atoms with Crippen LogP contribution in [0.2, 0.25) is 0 Å². The highest BCUT2D eigenvalue weighted by molar-refractivity contribution is 5.90. The van der Waals surface area contributed by atoms with E-state index in [4.69, 9.17) is 4.74 Å². The molecule has 3 N–H and O–H groups in total. The molecule has 0 saturated carbocycles. The molecule has 0 radical (unpaired) electrons. The van der Waals surface area contributed by atoms with Gasteiger partial charge in [0.15, 0.2) is 0 Å². The number of hydrogen-bond donors (Lipinski definition) is 3. The van der Waals surface area contributed by atoms with Crippen LogP contribution in [-0.4, -0.2) is 30.9 Å². The number of amides is 2. The van der Waals surface area contributed by atoms with Crippen LogP contribution in [0.3, 0.4) is 0 Å². The Balaban J connectivity index is 2.39. The summed E-state index contributed by atoms with van der Waals surface area (Å²) in [6.45, 7) is 9.26. The van der Waals surface area contributed by atoms with Gasteiger partial charge in [0.2, 0.25) is 0 Å². The van der Waals surface area contributed by atoms with Crippen molar-refractivity contribution in [2.24, 2.45) is 5.41 Å². The first-order valence-electron chi connectivity index (χ1n) is 7.77. The Labute approximate surface area is 133 Å². The van der Waals surface area contributed by atoms with Crippen molar-refractivity contribution < 1.29 is 14.6 Å². The number of hydrogen-bond acceptors (Lipinski definition) is 3. The van der Waals surface area contributed by atoms with Crippen molar-refractivity contribution >= 4 is 11.7 Å². The van der Waals surface area contributed by atoms with E-state index in [1.165, 1.54) is 0 Å². The van der Waals surface area contributed by atoms with Gasteiger partial charge in [-0.05, 0) is 55.9 Å². The number of rotatable bonds is 8. The Morgan fingerprint density at radius 2 is 2.09 bits per heavy atom. The first-order valence-corrected chi connectivity index (χ1v) is 7.77.